The molecule has 0 spiro atoms. The maximum absolute atomic E-state index is 12.8. The second kappa shape index (κ2) is 8.86. The molecule has 4 rings (SSSR count). The Bertz CT molecular complexity index is 948. The van der Waals surface area contributed by atoms with Gasteiger partial charge in [-0.1, -0.05) is 48.5 Å². The minimum atomic E-state index is 0.0191. The molecule has 0 radical (unpaired) electrons. The predicted octanol–water partition coefficient (Wildman–Crippen LogP) is 4.62. The zero-order valence-electron chi connectivity index (χ0n) is 16.7. The van der Waals surface area contributed by atoms with Crippen molar-refractivity contribution < 1.29 is 4.79 Å². The van der Waals surface area contributed by atoms with Gasteiger partial charge in [-0.15, -0.1) is 0 Å². The lowest BCUT2D eigenvalue weighted by molar-refractivity contribution is 0.0689. The lowest BCUT2D eigenvalue weighted by Crippen LogP contribution is -2.39. The van der Waals surface area contributed by atoms with Crippen LogP contribution in [0.4, 0.5) is 11.6 Å². The molecule has 0 saturated carbocycles. The van der Waals surface area contributed by atoms with Crippen molar-refractivity contribution in [3.05, 3.63) is 83.7 Å². The molecule has 1 aliphatic heterocycles. The van der Waals surface area contributed by atoms with Crippen molar-refractivity contribution in [2.75, 3.05) is 18.4 Å². The quantitative estimate of drug-likeness (QED) is 0.695. The van der Waals surface area contributed by atoms with E-state index < -0.39 is 0 Å². The molecular formula is C24H26N4O. The highest BCUT2D eigenvalue weighted by atomic mass is 16.2. The maximum Gasteiger partial charge on any atom is 0.256 e. The summed E-state index contributed by atoms with van der Waals surface area (Å²) in [6.07, 6.45) is 6.39. The van der Waals surface area contributed by atoms with Crippen LogP contribution in [0.1, 0.15) is 34.3 Å². The van der Waals surface area contributed by atoms with Crippen LogP contribution in [-0.2, 0) is 6.42 Å². The van der Waals surface area contributed by atoms with Crippen LogP contribution in [0.25, 0.3) is 0 Å². The Hall–Kier alpha value is -3.21. The van der Waals surface area contributed by atoms with Crippen LogP contribution in [0.3, 0.4) is 0 Å². The van der Waals surface area contributed by atoms with E-state index in [2.05, 4.69) is 45.6 Å². The number of hydrogen-bond acceptors (Lipinski definition) is 4. The summed E-state index contributed by atoms with van der Waals surface area (Å²) in [5.41, 5.74) is 4.01. The number of aryl methyl sites for hydroxylation is 1. The highest BCUT2D eigenvalue weighted by molar-refractivity contribution is 5.93. The number of anilines is 2. The van der Waals surface area contributed by atoms with Gasteiger partial charge in [-0.3, -0.25) is 4.79 Å². The van der Waals surface area contributed by atoms with Gasteiger partial charge in [0.1, 0.15) is 0 Å². The number of piperidine rings is 1. The van der Waals surface area contributed by atoms with E-state index in [9.17, 15) is 4.79 Å². The van der Waals surface area contributed by atoms with E-state index in [1.165, 1.54) is 5.56 Å². The summed E-state index contributed by atoms with van der Waals surface area (Å²) in [5, 5.41) is 3.20. The maximum atomic E-state index is 12.8. The van der Waals surface area contributed by atoms with Gasteiger partial charge in [0.05, 0.1) is 5.56 Å². The predicted molar refractivity (Wildman–Crippen MR) is 115 cm³/mol. The van der Waals surface area contributed by atoms with Crippen LogP contribution in [0.2, 0.25) is 0 Å². The molecule has 5 nitrogen and oxygen atoms in total. The van der Waals surface area contributed by atoms with E-state index in [0.717, 1.165) is 43.6 Å². The van der Waals surface area contributed by atoms with Crippen LogP contribution in [0.5, 0.6) is 0 Å². The Morgan fingerprint density at radius 2 is 1.66 bits per heavy atom. The van der Waals surface area contributed by atoms with Crippen molar-refractivity contribution in [3.63, 3.8) is 0 Å². The Balaban J connectivity index is 1.32. The largest absolute Gasteiger partial charge is 0.339 e. The monoisotopic (exact) mass is 386 g/mol. The Morgan fingerprint density at radius 1 is 1.00 bits per heavy atom. The van der Waals surface area contributed by atoms with Crippen LogP contribution < -0.4 is 5.32 Å². The summed E-state index contributed by atoms with van der Waals surface area (Å²) in [6, 6.07) is 18.6. The minimum absolute atomic E-state index is 0.0191. The van der Waals surface area contributed by atoms with Gasteiger partial charge in [-0.05, 0) is 49.3 Å². The number of benzene rings is 2. The Labute approximate surface area is 171 Å². The second-order valence-corrected chi connectivity index (χ2v) is 7.66. The number of likely N-dealkylation sites (tertiary alicyclic amines) is 1. The Kier molecular flexibility index (Phi) is 5.84. The van der Waals surface area contributed by atoms with Gasteiger partial charge >= 0.3 is 0 Å². The number of amides is 1. The van der Waals surface area contributed by atoms with E-state index in [-0.39, 0.29) is 5.91 Å². The summed E-state index contributed by atoms with van der Waals surface area (Å²) >= 11 is 0. The van der Waals surface area contributed by atoms with Gasteiger partial charge in [0.2, 0.25) is 5.95 Å². The first-order valence-electron chi connectivity index (χ1n) is 10.2. The van der Waals surface area contributed by atoms with Crippen molar-refractivity contribution in [2.24, 2.45) is 5.92 Å². The third kappa shape index (κ3) is 4.80. The third-order valence-corrected chi connectivity index (χ3v) is 5.56. The summed E-state index contributed by atoms with van der Waals surface area (Å²) in [7, 11) is 0. The lowest BCUT2D eigenvalue weighted by atomic mass is 9.90. The number of carbonyl (C=O) groups is 1. The fraction of sp³-hybridized carbons (Fsp3) is 0.292. The number of nitrogens with zero attached hydrogens (tertiary/aromatic N) is 3. The molecule has 0 atom stereocenters. The zero-order chi connectivity index (χ0) is 20.1. The summed E-state index contributed by atoms with van der Waals surface area (Å²) in [5.74, 6) is 1.15. The summed E-state index contributed by atoms with van der Waals surface area (Å²) < 4.78 is 0. The van der Waals surface area contributed by atoms with E-state index in [4.69, 9.17) is 0 Å². The van der Waals surface area contributed by atoms with Crippen LogP contribution in [-0.4, -0.2) is 33.9 Å². The number of carbonyl (C=O) groups excluding carboxylic acids is 1. The van der Waals surface area contributed by atoms with Gasteiger partial charge in [-0.2, -0.15) is 0 Å². The van der Waals surface area contributed by atoms with Gasteiger partial charge in [0, 0.05) is 31.2 Å². The zero-order valence-corrected chi connectivity index (χ0v) is 16.7. The number of nitrogens with one attached hydrogen (secondary N) is 1. The molecule has 1 aliphatic rings. The van der Waals surface area contributed by atoms with Gasteiger partial charge < -0.3 is 10.2 Å². The topological polar surface area (TPSA) is 58.1 Å². The average Bonchev–Trinajstić information content (AvgIpc) is 2.77. The third-order valence-electron chi connectivity index (χ3n) is 5.56. The van der Waals surface area contributed by atoms with Crippen LogP contribution in [0, 0.1) is 12.8 Å². The average molecular weight is 386 g/mol. The Morgan fingerprint density at radius 3 is 2.34 bits per heavy atom. The highest BCUT2D eigenvalue weighted by Crippen LogP contribution is 2.23. The number of rotatable bonds is 5. The van der Waals surface area contributed by atoms with E-state index >= 15 is 0 Å². The molecule has 1 N–H and O–H groups in total. The van der Waals surface area contributed by atoms with Crippen molar-refractivity contribution >= 4 is 17.5 Å². The smallest absolute Gasteiger partial charge is 0.256 e. The van der Waals surface area contributed by atoms with E-state index in [0.29, 0.717) is 17.4 Å². The standard InChI is InChI=1S/C24H26N4O/c1-18-7-5-6-10-22(18)27-24-25-16-21(17-26-24)23(29)28-13-11-20(12-14-28)15-19-8-3-2-4-9-19/h2-10,16-17,20H,11-15H2,1H3,(H,25,26,27). The molecule has 1 fully saturated rings. The normalized spacial score (nSPS) is 14.6. The second-order valence-electron chi connectivity index (χ2n) is 7.66. The van der Waals surface area contributed by atoms with Crippen LogP contribution in [0.15, 0.2) is 67.0 Å². The number of hydrogen-bond donors (Lipinski definition) is 1. The van der Waals surface area contributed by atoms with Crippen molar-refractivity contribution in [3.8, 4) is 0 Å². The molecule has 1 amide bonds. The molecular weight excluding hydrogens is 360 g/mol. The van der Waals surface area contributed by atoms with E-state index in [1.807, 2.05) is 36.1 Å². The van der Waals surface area contributed by atoms with Gasteiger partial charge in [0.15, 0.2) is 0 Å². The molecule has 2 heterocycles. The molecule has 0 bridgehead atoms. The molecule has 3 aromatic rings. The summed E-state index contributed by atoms with van der Waals surface area (Å²) in [6.45, 7) is 3.61. The molecule has 1 aromatic heterocycles. The van der Waals surface area contributed by atoms with E-state index in [1.54, 1.807) is 12.4 Å². The fourth-order valence-corrected chi connectivity index (χ4v) is 3.81. The highest BCUT2D eigenvalue weighted by Gasteiger charge is 2.24. The molecule has 29 heavy (non-hydrogen) atoms. The van der Waals surface area contributed by atoms with Gasteiger partial charge in [-0.25, -0.2) is 9.97 Å². The minimum Gasteiger partial charge on any atom is -0.339 e. The first kappa shape index (κ1) is 19.1. The molecule has 2 aromatic carbocycles. The van der Waals surface area contributed by atoms with Crippen LogP contribution >= 0.6 is 0 Å². The SMILES string of the molecule is Cc1ccccc1Nc1ncc(C(=O)N2CCC(Cc3ccccc3)CC2)cn1. The van der Waals surface area contributed by atoms with Crippen molar-refractivity contribution in [1.29, 1.82) is 0 Å². The number of para-hydroxylation sites is 1. The van der Waals surface area contributed by atoms with Crippen molar-refractivity contribution in [2.45, 2.75) is 26.2 Å². The fourth-order valence-electron chi connectivity index (χ4n) is 3.81. The molecule has 0 aliphatic carbocycles. The first-order valence-corrected chi connectivity index (χ1v) is 10.2. The molecule has 1 saturated heterocycles. The van der Waals surface area contributed by atoms with Gasteiger partial charge in [0.25, 0.3) is 5.91 Å². The molecule has 0 unspecified atom stereocenters. The van der Waals surface area contributed by atoms with Crippen molar-refractivity contribution in [1.82, 2.24) is 14.9 Å². The molecule has 5 heteroatoms. The summed E-state index contributed by atoms with van der Waals surface area (Å²) in [4.78, 5) is 23.4. The first-order chi connectivity index (χ1) is 14.2. The lowest BCUT2D eigenvalue weighted by Gasteiger charge is -2.32. The number of aromatic nitrogens is 2. The molecule has 148 valence electrons.